The summed E-state index contributed by atoms with van der Waals surface area (Å²) in [6.07, 6.45) is -8.26. The largest absolute Gasteiger partial charge is 0.481 e. The lowest BCUT2D eigenvalue weighted by Gasteiger charge is -2.21. The SMILES string of the molecule is O=C(O)CCNCc1ccc(N[C@H](COc2ccc(C(F)(F)F)cn2)c2ccc(-c3ccc(C(F)(F)F)cc3)cc2)cc1. The van der Waals surface area contributed by atoms with Crippen LogP contribution >= 0.6 is 0 Å². The van der Waals surface area contributed by atoms with Gasteiger partial charge in [-0.3, -0.25) is 4.79 Å². The molecule has 3 N–H and O–H groups in total. The second-order valence-electron chi connectivity index (χ2n) is 9.61. The first-order valence-electron chi connectivity index (χ1n) is 13.1. The molecule has 0 aliphatic rings. The Morgan fingerprint density at radius 3 is 1.91 bits per heavy atom. The van der Waals surface area contributed by atoms with E-state index in [0.29, 0.717) is 30.4 Å². The molecule has 12 heteroatoms. The Hall–Kier alpha value is -4.58. The molecule has 1 heterocycles. The molecule has 1 aromatic heterocycles. The summed E-state index contributed by atoms with van der Waals surface area (Å²) in [5.41, 5.74) is 2.05. The van der Waals surface area contributed by atoms with Crippen molar-refractivity contribution in [3.63, 3.8) is 0 Å². The first kappa shape index (κ1) is 31.4. The van der Waals surface area contributed by atoms with Gasteiger partial charge in [-0.05, 0) is 52.6 Å². The monoisotopic (exact) mass is 603 g/mol. The van der Waals surface area contributed by atoms with Gasteiger partial charge in [0.05, 0.1) is 23.6 Å². The zero-order valence-corrected chi connectivity index (χ0v) is 22.5. The fourth-order valence-electron chi connectivity index (χ4n) is 4.13. The molecule has 0 aliphatic heterocycles. The molecule has 0 bridgehead atoms. The number of aromatic nitrogens is 1. The number of nitrogens with one attached hydrogen (secondary N) is 2. The molecule has 226 valence electrons. The maximum atomic E-state index is 12.9. The molecule has 4 aromatic rings. The summed E-state index contributed by atoms with van der Waals surface area (Å²) in [7, 11) is 0. The molecule has 4 rings (SSSR count). The van der Waals surface area contributed by atoms with Crippen LogP contribution in [-0.2, 0) is 23.7 Å². The number of halogens is 6. The van der Waals surface area contributed by atoms with Crippen molar-refractivity contribution in [1.29, 1.82) is 0 Å². The molecule has 0 saturated heterocycles. The standard InChI is InChI=1S/C31H27F6N3O3/c32-30(33,34)24-9-7-22(8-10-24)21-3-5-23(6-4-21)27(19-43-28-14-11-25(18-39-28)31(35,36)37)40-26-12-1-20(2-13-26)17-38-16-15-29(41)42/h1-14,18,27,38,40H,15-17,19H2,(H,41,42)/t27-/m1/s1. The molecular weight excluding hydrogens is 576 g/mol. The third-order valence-corrected chi connectivity index (χ3v) is 6.46. The minimum atomic E-state index is -4.53. The lowest BCUT2D eigenvalue weighted by molar-refractivity contribution is -0.138. The van der Waals surface area contributed by atoms with Crippen LogP contribution in [0.25, 0.3) is 11.1 Å². The fraction of sp³-hybridized carbons (Fsp3) is 0.226. The van der Waals surface area contributed by atoms with Crippen LogP contribution in [0.3, 0.4) is 0 Å². The van der Waals surface area contributed by atoms with Gasteiger partial charge in [0.25, 0.3) is 0 Å². The van der Waals surface area contributed by atoms with Crippen molar-refractivity contribution in [3.8, 4) is 17.0 Å². The van der Waals surface area contributed by atoms with Crippen LogP contribution in [0.4, 0.5) is 32.0 Å². The van der Waals surface area contributed by atoms with Gasteiger partial charge in [0.1, 0.15) is 6.61 Å². The first-order valence-corrected chi connectivity index (χ1v) is 13.1. The van der Waals surface area contributed by atoms with Crippen molar-refractivity contribution in [2.24, 2.45) is 0 Å². The highest BCUT2D eigenvalue weighted by molar-refractivity contribution is 5.67. The number of carboxylic acids is 1. The molecule has 6 nitrogen and oxygen atoms in total. The summed E-state index contributed by atoms with van der Waals surface area (Å²) in [5, 5.41) is 15.1. The van der Waals surface area contributed by atoms with Gasteiger partial charge in [0.15, 0.2) is 0 Å². The van der Waals surface area contributed by atoms with Gasteiger partial charge >= 0.3 is 18.3 Å². The predicted octanol–water partition coefficient (Wildman–Crippen LogP) is 7.58. The Balaban J connectivity index is 1.49. The van der Waals surface area contributed by atoms with E-state index in [0.717, 1.165) is 41.1 Å². The quantitative estimate of drug-likeness (QED) is 0.114. The normalized spacial score (nSPS) is 12.5. The summed E-state index contributed by atoms with van der Waals surface area (Å²) in [4.78, 5) is 14.4. The van der Waals surface area contributed by atoms with E-state index in [1.165, 1.54) is 12.1 Å². The molecule has 0 amide bonds. The summed E-state index contributed by atoms with van der Waals surface area (Å²) in [6, 6.07) is 20.8. The second-order valence-corrected chi connectivity index (χ2v) is 9.61. The Bertz CT molecular complexity index is 1470. The average molecular weight is 604 g/mol. The molecule has 1 atom stereocenters. The van der Waals surface area contributed by atoms with Crippen LogP contribution in [0.2, 0.25) is 0 Å². The minimum Gasteiger partial charge on any atom is -0.481 e. The Morgan fingerprint density at radius 2 is 1.37 bits per heavy atom. The van der Waals surface area contributed by atoms with E-state index >= 15 is 0 Å². The molecule has 0 saturated carbocycles. The summed E-state index contributed by atoms with van der Waals surface area (Å²) in [5.74, 6) is -0.886. The van der Waals surface area contributed by atoms with E-state index in [1.807, 2.05) is 24.3 Å². The summed E-state index contributed by atoms with van der Waals surface area (Å²) in [6.45, 7) is 0.802. The van der Waals surface area contributed by atoms with E-state index in [9.17, 15) is 31.1 Å². The van der Waals surface area contributed by atoms with Crippen molar-refractivity contribution >= 4 is 11.7 Å². The number of carboxylic acid groups (broad SMARTS) is 1. The number of alkyl halides is 6. The van der Waals surface area contributed by atoms with Crippen LogP contribution in [0, 0.1) is 0 Å². The van der Waals surface area contributed by atoms with Gasteiger partial charge in [0, 0.05) is 31.0 Å². The summed E-state index contributed by atoms with van der Waals surface area (Å²) < 4.78 is 83.2. The molecule has 0 aliphatic carbocycles. The van der Waals surface area contributed by atoms with Gasteiger partial charge in [-0.1, -0.05) is 48.5 Å². The Labute approximate surface area is 243 Å². The van der Waals surface area contributed by atoms with E-state index in [2.05, 4.69) is 15.6 Å². The maximum Gasteiger partial charge on any atom is 0.417 e. The number of pyridine rings is 1. The third-order valence-electron chi connectivity index (χ3n) is 6.46. The summed E-state index contributed by atoms with van der Waals surface area (Å²) >= 11 is 0. The van der Waals surface area contributed by atoms with E-state index in [4.69, 9.17) is 9.84 Å². The van der Waals surface area contributed by atoms with E-state index in [1.54, 1.807) is 24.3 Å². The van der Waals surface area contributed by atoms with Gasteiger partial charge in [-0.25, -0.2) is 4.98 Å². The number of aliphatic carboxylic acids is 1. The smallest absolute Gasteiger partial charge is 0.417 e. The zero-order chi connectivity index (χ0) is 31.0. The lowest BCUT2D eigenvalue weighted by atomic mass is 9.99. The van der Waals surface area contributed by atoms with Gasteiger partial charge < -0.3 is 20.5 Å². The van der Waals surface area contributed by atoms with Crippen molar-refractivity contribution in [2.75, 3.05) is 18.5 Å². The highest BCUT2D eigenvalue weighted by Gasteiger charge is 2.31. The Kier molecular flexibility index (Phi) is 9.92. The number of carbonyl (C=O) groups is 1. The van der Waals surface area contributed by atoms with Gasteiger partial charge in [-0.2, -0.15) is 26.3 Å². The van der Waals surface area contributed by atoms with Crippen molar-refractivity contribution in [3.05, 3.63) is 113 Å². The number of rotatable bonds is 12. The van der Waals surface area contributed by atoms with Crippen LogP contribution in [0.5, 0.6) is 5.88 Å². The highest BCUT2D eigenvalue weighted by atomic mass is 19.4. The molecule has 0 fully saturated rings. The van der Waals surface area contributed by atoms with Gasteiger partial charge in [-0.15, -0.1) is 0 Å². The fourth-order valence-corrected chi connectivity index (χ4v) is 4.13. The average Bonchev–Trinajstić information content (AvgIpc) is 2.97. The van der Waals surface area contributed by atoms with Crippen molar-refractivity contribution in [1.82, 2.24) is 10.3 Å². The van der Waals surface area contributed by atoms with E-state index in [-0.39, 0.29) is 18.9 Å². The zero-order valence-electron chi connectivity index (χ0n) is 22.5. The van der Waals surface area contributed by atoms with Gasteiger partial charge in [0.2, 0.25) is 5.88 Å². The van der Waals surface area contributed by atoms with Crippen LogP contribution in [0.1, 0.15) is 34.7 Å². The molecule has 3 aromatic carbocycles. The minimum absolute atomic E-state index is 0.00349. The molecule has 0 unspecified atom stereocenters. The predicted molar refractivity (Wildman–Crippen MR) is 148 cm³/mol. The topological polar surface area (TPSA) is 83.5 Å². The number of benzene rings is 3. The molecule has 43 heavy (non-hydrogen) atoms. The van der Waals surface area contributed by atoms with Crippen LogP contribution in [0.15, 0.2) is 91.1 Å². The van der Waals surface area contributed by atoms with Crippen molar-refractivity contribution < 1.29 is 41.0 Å². The lowest BCUT2D eigenvalue weighted by Crippen LogP contribution is -2.20. The molecule has 0 spiro atoms. The second kappa shape index (κ2) is 13.6. The number of anilines is 1. The first-order chi connectivity index (χ1) is 20.4. The van der Waals surface area contributed by atoms with E-state index < -0.39 is 35.5 Å². The Morgan fingerprint density at radius 1 is 0.791 bits per heavy atom. The highest BCUT2D eigenvalue weighted by Crippen LogP contribution is 2.32. The molecular formula is C31H27F6N3O3. The van der Waals surface area contributed by atoms with Crippen LogP contribution in [-0.4, -0.2) is 29.2 Å². The molecule has 0 radical (unpaired) electrons. The number of nitrogens with zero attached hydrogens (tertiary/aromatic N) is 1. The third kappa shape index (κ3) is 9.20. The van der Waals surface area contributed by atoms with Crippen LogP contribution < -0.4 is 15.4 Å². The number of hydrogen-bond acceptors (Lipinski definition) is 5. The maximum absolute atomic E-state index is 12.9. The van der Waals surface area contributed by atoms with Crippen molar-refractivity contribution in [2.45, 2.75) is 31.4 Å². The number of hydrogen-bond donors (Lipinski definition) is 3. The number of ether oxygens (including phenoxy) is 1.